The minimum absolute atomic E-state index is 0.130. The summed E-state index contributed by atoms with van der Waals surface area (Å²) < 4.78 is 5.74. The number of amides is 2. The van der Waals surface area contributed by atoms with Crippen LogP contribution in [0.3, 0.4) is 0 Å². The van der Waals surface area contributed by atoms with Gasteiger partial charge in [-0.15, -0.1) is 11.3 Å². The largest absolute Gasteiger partial charge is 0.493 e. The van der Waals surface area contributed by atoms with Crippen LogP contribution in [-0.2, 0) is 4.79 Å². The number of thiocarbonyl (C=S) groups is 1. The van der Waals surface area contributed by atoms with E-state index in [0.29, 0.717) is 42.6 Å². The number of carbonyl (C=O) groups excluding carboxylic acids is 2. The second-order valence-corrected chi connectivity index (χ2v) is 11.1. The Labute approximate surface area is 244 Å². The van der Waals surface area contributed by atoms with Crippen LogP contribution in [0.25, 0.3) is 0 Å². The van der Waals surface area contributed by atoms with Gasteiger partial charge in [0.05, 0.1) is 11.6 Å². The first kappa shape index (κ1) is 29.3. The van der Waals surface area contributed by atoms with Crippen LogP contribution in [0.1, 0.15) is 47.6 Å². The molecule has 3 N–H and O–H groups in total. The molecule has 212 valence electrons. The van der Waals surface area contributed by atoms with Gasteiger partial charge in [0.25, 0.3) is 5.91 Å². The Balaban J connectivity index is 1.16. The van der Waals surface area contributed by atoms with Crippen molar-refractivity contribution in [3.8, 4) is 5.75 Å². The van der Waals surface area contributed by atoms with Gasteiger partial charge < -0.3 is 30.5 Å². The van der Waals surface area contributed by atoms with Crippen molar-refractivity contribution in [2.75, 3.05) is 55.9 Å². The number of anilines is 3. The molecular weight excluding hydrogens is 544 g/mol. The van der Waals surface area contributed by atoms with Gasteiger partial charge in [-0.25, -0.2) is 4.98 Å². The van der Waals surface area contributed by atoms with E-state index in [2.05, 4.69) is 42.9 Å². The first-order chi connectivity index (χ1) is 19.3. The number of piperidine rings is 1. The van der Waals surface area contributed by atoms with Crippen molar-refractivity contribution >= 4 is 57.5 Å². The van der Waals surface area contributed by atoms with E-state index in [4.69, 9.17) is 17.0 Å². The van der Waals surface area contributed by atoms with Crippen LogP contribution in [0.4, 0.5) is 17.1 Å². The fraction of sp³-hybridized carbons (Fsp3) is 0.379. The summed E-state index contributed by atoms with van der Waals surface area (Å²) >= 11 is 7.21. The number of ether oxygens (including phenoxy) is 1. The lowest BCUT2D eigenvalue weighted by Gasteiger charge is -2.33. The van der Waals surface area contributed by atoms with Gasteiger partial charge in [-0.3, -0.25) is 9.59 Å². The minimum atomic E-state index is -0.168. The number of hydrogen-bond acceptors (Lipinski definition) is 7. The van der Waals surface area contributed by atoms with Gasteiger partial charge in [0.2, 0.25) is 5.91 Å². The molecular formula is C29H36N6O3S2. The van der Waals surface area contributed by atoms with Gasteiger partial charge >= 0.3 is 0 Å². The summed E-state index contributed by atoms with van der Waals surface area (Å²) in [6.45, 7) is 4.09. The summed E-state index contributed by atoms with van der Waals surface area (Å²) in [4.78, 5) is 32.7. The maximum Gasteiger partial charge on any atom is 0.270 e. The van der Waals surface area contributed by atoms with E-state index < -0.39 is 0 Å². The van der Waals surface area contributed by atoms with Crippen LogP contribution in [0, 0.1) is 0 Å². The molecule has 1 fully saturated rings. The van der Waals surface area contributed by atoms with Crippen molar-refractivity contribution in [2.45, 2.75) is 32.1 Å². The zero-order valence-corrected chi connectivity index (χ0v) is 24.7. The van der Waals surface area contributed by atoms with Crippen LogP contribution >= 0.6 is 23.6 Å². The van der Waals surface area contributed by atoms with E-state index in [1.165, 1.54) is 6.92 Å². The Morgan fingerprint density at radius 1 is 1.10 bits per heavy atom. The molecule has 0 spiro atoms. The quantitative estimate of drug-likeness (QED) is 0.229. The number of likely N-dealkylation sites (tertiary alicyclic amines) is 1. The van der Waals surface area contributed by atoms with Crippen LogP contribution in [0.2, 0.25) is 0 Å². The smallest absolute Gasteiger partial charge is 0.270 e. The van der Waals surface area contributed by atoms with Crippen molar-refractivity contribution < 1.29 is 14.3 Å². The lowest BCUT2D eigenvalue weighted by molar-refractivity contribution is -0.114. The summed E-state index contributed by atoms with van der Waals surface area (Å²) in [6.07, 6.45) is 2.53. The molecule has 2 heterocycles. The maximum absolute atomic E-state index is 12.6. The first-order valence-electron chi connectivity index (χ1n) is 13.4. The molecule has 0 atom stereocenters. The number of rotatable bonds is 10. The summed E-state index contributed by atoms with van der Waals surface area (Å²) in [5.41, 5.74) is 3.28. The molecule has 0 aliphatic carbocycles. The lowest BCUT2D eigenvalue weighted by atomic mass is 9.98. The number of nitrogens with zero attached hydrogens (tertiary/aromatic N) is 3. The van der Waals surface area contributed by atoms with Crippen molar-refractivity contribution in [3.63, 3.8) is 0 Å². The topological polar surface area (TPSA) is 98.8 Å². The number of nitrogens with one attached hydrogen (secondary N) is 3. The van der Waals surface area contributed by atoms with Gasteiger partial charge in [0, 0.05) is 75.1 Å². The van der Waals surface area contributed by atoms with E-state index in [9.17, 15) is 9.59 Å². The summed E-state index contributed by atoms with van der Waals surface area (Å²) in [6, 6.07) is 15.4. The first-order valence-corrected chi connectivity index (χ1v) is 14.6. The third kappa shape index (κ3) is 8.40. The highest BCUT2D eigenvalue weighted by atomic mass is 32.1. The normalized spacial score (nSPS) is 13.4. The van der Waals surface area contributed by atoms with Gasteiger partial charge in [0.15, 0.2) is 5.11 Å². The molecule has 11 heteroatoms. The number of carbonyl (C=O) groups is 2. The predicted molar refractivity (Wildman–Crippen MR) is 166 cm³/mol. The van der Waals surface area contributed by atoms with Crippen molar-refractivity contribution in [2.24, 2.45) is 0 Å². The molecule has 2 amide bonds. The molecule has 3 aromatic rings. The standard InChI is InChI=1S/C29H36N6O3S2/c1-20(36)31-23-6-4-7-25(18-23)38-17-5-14-30-27(37)26-19-40-28(33-26)21-12-15-35(16-13-21)29(39)32-22-8-10-24(11-9-22)34(2)3/h4,6-11,18-19,21H,5,12-17H2,1-3H3,(H,30,37)(H,31,36)(H,32,39). The van der Waals surface area contributed by atoms with E-state index >= 15 is 0 Å². The van der Waals surface area contributed by atoms with Crippen molar-refractivity contribution in [1.29, 1.82) is 0 Å². The maximum atomic E-state index is 12.6. The molecule has 1 aliphatic heterocycles. The highest BCUT2D eigenvalue weighted by molar-refractivity contribution is 7.80. The van der Waals surface area contributed by atoms with Crippen LogP contribution in [0.15, 0.2) is 53.9 Å². The molecule has 9 nitrogen and oxygen atoms in total. The molecule has 1 aliphatic rings. The van der Waals surface area contributed by atoms with Gasteiger partial charge in [-0.05, 0) is 67.9 Å². The van der Waals surface area contributed by atoms with Gasteiger partial charge in [0.1, 0.15) is 11.4 Å². The fourth-order valence-corrected chi connectivity index (χ4v) is 5.65. The zero-order valence-electron chi connectivity index (χ0n) is 23.1. The Morgan fingerprint density at radius 3 is 2.55 bits per heavy atom. The molecule has 0 radical (unpaired) electrons. The molecule has 2 aromatic carbocycles. The Morgan fingerprint density at radius 2 is 1.85 bits per heavy atom. The number of thiazole rings is 1. The second kappa shape index (κ2) is 14.1. The lowest BCUT2D eigenvalue weighted by Crippen LogP contribution is -2.40. The zero-order chi connectivity index (χ0) is 28.5. The molecule has 40 heavy (non-hydrogen) atoms. The summed E-state index contributed by atoms with van der Waals surface area (Å²) in [5.74, 6) is 0.697. The van der Waals surface area contributed by atoms with Crippen LogP contribution < -0.4 is 25.6 Å². The third-order valence-corrected chi connectivity index (χ3v) is 7.92. The van der Waals surface area contributed by atoms with Crippen molar-refractivity contribution in [3.05, 3.63) is 64.6 Å². The average molecular weight is 581 g/mol. The third-order valence-electron chi connectivity index (χ3n) is 6.55. The molecule has 0 unspecified atom stereocenters. The van der Waals surface area contributed by atoms with E-state index in [0.717, 1.165) is 47.4 Å². The van der Waals surface area contributed by atoms with Gasteiger partial charge in [-0.2, -0.15) is 0 Å². The highest BCUT2D eigenvalue weighted by Gasteiger charge is 2.25. The van der Waals surface area contributed by atoms with E-state index in [-0.39, 0.29) is 11.8 Å². The summed E-state index contributed by atoms with van der Waals surface area (Å²) in [7, 11) is 4.04. The van der Waals surface area contributed by atoms with Crippen LogP contribution in [-0.4, -0.2) is 67.1 Å². The monoisotopic (exact) mass is 580 g/mol. The van der Waals surface area contributed by atoms with E-state index in [1.807, 2.05) is 43.7 Å². The Bertz CT molecular complexity index is 1300. The Hall–Kier alpha value is -3.70. The number of aromatic nitrogens is 1. The average Bonchev–Trinajstić information content (AvgIpc) is 3.44. The molecule has 0 bridgehead atoms. The van der Waals surface area contributed by atoms with E-state index in [1.54, 1.807) is 23.5 Å². The molecule has 1 aromatic heterocycles. The SMILES string of the molecule is CC(=O)Nc1cccc(OCCCNC(=O)c2csc(C3CCN(C(=S)Nc4ccc(N(C)C)cc4)CC3)n2)c1. The fourth-order valence-electron chi connectivity index (χ4n) is 4.38. The molecule has 0 saturated carbocycles. The van der Waals surface area contributed by atoms with Crippen LogP contribution in [0.5, 0.6) is 5.75 Å². The predicted octanol–water partition coefficient (Wildman–Crippen LogP) is 4.94. The number of hydrogen-bond donors (Lipinski definition) is 3. The van der Waals surface area contributed by atoms with Gasteiger partial charge in [-0.1, -0.05) is 6.07 Å². The highest BCUT2D eigenvalue weighted by Crippen LogP contribution is 2.30. The summed E-state index contributed by atoms with van der Waals surface area (Å²) in [5, 5.41) is 12.6. The molecule has 1 saturated heterocycles. The van der Waals surface area contributed by atoms with Crippen molar-refractivity contribution in [1.82, 2.24) is 15.2 Å². The number of benzene rings is 2. The Kier molecular flexibility index (Phi) is 10.3. The molecule has 4 rings (SSSR count). The minimum Gasteiger partial charge on any atom is -0.493 e. The second-order valence-electron chi connectivity index (χ2n) is 9.87.